The summed E-state index contributed by atoms with van der Waals surface area (Å²) < 4.78 is 23.9. The summed E-state index contributed by atoms with van der Waals surface area (Å²) >= 11 is 0. The minimum atomic E-state index is -4.34. The number of hydrogen-bond acceptors (Lipinski definition) is 5. The topological polar surface area (TPSA) is 105 Å². The second kappa shape index (κ2) is 64.4. The zero-order valence-electron chi connectivity index (χ0n) is 55.7. The molecule has 0 radical (unpaired) electrons. The van der Waals surface area contributed by atoms with Gasteiger partial charge in [0.25, 0.3) is 0 Å². The molecule has 3 unspecified atom stereocenters. The Hall–Kier alpha value is -2.06. The summed E-state index contributed by atoms with van der Waals surface area (Å²) in [4.78, 5) is 23.5. The highest BCUT2D eigenvalue weighted by Gasteiger charge is 2.28. The van der Waals surface area contributed by atoms with Gasteiger partial charge < -0.3 is 19.8 Å². The zero-order chi connectivity index (χ0) is 60.5. The van der Waals surface area contributed by atoms with Crippen molar-refractivity contribution in [1.82, 2.24) is 5.32 Å². The summed E-state index contributed by atoms with van der Waals surface area (Å²) in [6, 6.07) is -0.769. The molecule has 0 bridgehead atoms. The van der Waals surface area contributed by atoms with Crippen LogP contribution in [0.3, 0.4) is 0 Å². The Kier molecular flexibility index (Phi) is 62.8. The molecule has 486 valence electrons. The number of phosphoric ester groups is 1. The minimum absolute atomic E-state index is 0.0717. The average molecular weight is 1180 g/mol. The van der Waals surface area contributed by atoms with E-state index in [-0.39, 0.29) is 19.1 Å². The van der Waals surface area contributed by atoms with E-state index in [9.17, 15) is 19.4 Å². The zero-order valence-corrected chi connectivity index (χ0v) is 56.6. The molecule has 0 aliphatic carbocycles. The lowest BCUT2D eigenvalue weighted by Crippen LogP contribution is -2.46. The normalized spacial score (nSPS) is 14.1. The van der Waals surface area contributed by atoms with Gasteiger partial charge in [0.05, 0.1) is 39.9 Å². The highest BCUT2D eigenvalue weighted by atomic mass is 31.2. The van der Waals surface area contributed by atoms with Crippen LogP contribution in [0.15, 0.2) is 72.9 Å². The number of unbranched alkanes of at least 4 members (excludes halogenated alkanes) is 41. The van der Waals surface area contributed by atoms with Crippen LogP contribution in [-0.4, -0.2) is 73.4 Å². The number of phosphoric acid groups is 1. The van der Waals surface area contributed by atoms with Crippen molar-refractivity contribution >= 4 is 13.7 Å². The highest BCUT2D eigenvalue weighted by molar-refractivity contribution is 7.47. The van der Waals surface area contributed by atoms with Crippen LogP contribution < -0.4 is 5.32 Å². The summed E-state index contributed by atoms with van der Waals surface area (Å²) in [5.74, 6) is -0.147. The molecule has 0 fully saturated rings. The number of aliphatic hydroxyl groups is 1. The molecule has 3 atom stereocenters. The number of likely N-dealkylation sites (N-methyl/N-ethyl adjacent to an activating group) is 1. The van der Waals surface area contributed by atoms with E-state index in [0.29, 0.717) is 23.9 Å². The van der Waals surface area contributed by atoms with Crippen molar-refractivity contribution in [2.24, 2.45) is 0 Å². The Morgan fingerprint density at radius 3 is 1.06 bits per heavy atom. The molecule has 0 aromatic carbocycles. The fourth-order valence-electron chi connectivity index (χ4n) is 10.7. The number of carbonyl (C=O) groups excluding carboxylic acids is 1. The van der Waals surface area contributed by atoms with E-state index in [2.05, 4.69) is 92.1 Å². The van der Waals surface area contributed by atoms with Crippen molar-refractivity contribution in [3.05, 3.63) is 72.9 Å². The maximum absolute atomic E-state index is 13.1. The maximum atomic E-state index is 13.1. The van der Waals surface area contributed by atoms with Gasteiger partial charge in [-0.05, 0) is 64.2 Å². The van der Waals surface area contributed by atoms with Crippen LogP contribution in [-0.2, 0) is 18.4 Å². The first-order chi connectivity index (χ1) is 40.5. The molecule has 3 N–H and O–H groups in total. The summed E-state index contributed by atoms with van der Waals surface area (Å²) in [5, 5.41) is 14.2. The van der Waals surface area contributed by atoms with Gasteiger partial charge in [0.15, 0.2) is 0 Å². The molecular weight excluding hydrogens is 1040 g/mol. The molecule has 9 heteroatoms. The van der Waals surface area contributed by atoms with Gasteiger partial charge in [0.2, 0.25) is 5.91 Å². The second-order valence-corrected chi connectivity index (χ2v) is 27.0. The Morgan fingerprint density at radius 1 is 0.422 bits per heavy atom. The minimum Gasteiger partial charge on any atom is -0.391 e. The molecule has 8 nitrogen and oxygen atoms in total. The fourth-order valence-corrected chi connectivity index (χ4v) is 11.4. The Labute approximate surface area is 516 Å². The van der Waals surface area contributed by atoms with E-state index in [1.54, 1.807) is 0 Å². The summed E-state index contributed by atoms with van der Waals surface area (Å²) in [6.07, 6.45) is 90.1. The molecule has 0 aromatic rings. The van der Waals surface area contributed by atoms with Gasteiger partial charge in [-0.25, -0.2) is 4.57 Å². The van der Waals surface area contributed by atoms with Gasteiger partial charge in [-0.1, -0.05) is 344 Å². The number of quaternary nitrogens is 1. The van der Waals surface area contributed by atoms with Crippen LogP contribution in [0.5, 0.6) is 0 Å². The van der Waals surface area contributed by atoms with Crippen LogP contribution in [0.25, 0.3) is 0 Å². The van der Waals surface area contributed by atoms with Crippen LogP contribution in [0.2, 0.25) is 0 Å². The Balaban J connectivity index is 4.04. The molecule has 83 heavy (non-hydrogen) atoms. The second-order valence-electron chi connectivity index (χ2n) is 25.6. The van der Waals surface area contributed by atoms with Crippen molar-refractivity contribution in [2.45, 2.75) is 353 Å². The monoisotopic (exact) mass is 1180 g/mol. The SMILES string of the molecule is CC/C=C\C/C=C\C/C=C\C/C=C\C/C=C\C/C=C\CCCCCCCCCCCCC(=O)NC(COP(=O)(O)OCC[N+](C)(C)C)C(O)CCCCCCCCCCCCCCCCCCCCCCCCCCCCCCCCCC. The third-order valence-electron chi connectivity index (χ3n) is 16.2. The Morgan fingerprint density at radius 2 is 0.723 bits per heavy atom. The molecule has 0 aromatic heterocycles. The fraction of sp³-hybridized carbons (Fsp3) is 0.824. The number of carbonyl (C=O) groups is 1. The summed E-state index contributed by atoms with van der Waals surface area (Å²) in [5.41, 5.74) is 0. The molecule has 0 aliphatic heterocycles. The van der Waals surface area contributed by atoms with E-state index in [0.717, 1.165) is 77.0 Å². The smallest absolute Gasteiger partial charge is 0.391 e. The maximum Gasteiger partial charge on any atom is 0.472 e. The van der Waals surface area contributed by atoms with Gasteiger partial charge in [0.1, 0.15) is 13.2 Å². The van der Waals surface area contributed by atoms with Gasteiger partial charge in [0, 0.05) is 6.42 Å². The molecule has 0 spiro atoms. The van der Waals surface area contributed by atoms with Gasteiger partial charge in [-0.2, -0.15) is 0 Å². The van der Waals surface area contributed by atoms with E-state index in [1.807, 2.05) is 21.1 Å². The van der Waals surface area contributed by atoms with Crippen LogP contribution in [0.1, 0.15) is 341 Å². The first kappa shape index (κ1) is 80.9. The highest BCUT2D eigenvalue weighted by Crippen LogP contribution is 2.43. The number of nitrogens with one attached hydrogen (secondary N) is 1. The van der Waals surface area contributed by atoms with Gasteiger partial charge >= 0.3 is 7.82 Å². The average Bonchev–Trinajstić information content (AvgIpc) is 3.50. The van der Waals surface area contributed by atoms with Crippen LogP contribution >= 0.6 is 7.82 Å². The lowest BCUT2D eigenvalue weighted by molar-refractivity contribution is -0.870. The largest absolute Gasteiger partial charge is 0.472 e. The third-order valence-corrected chi connectivity index (χ3v) is 17.2. The lowest BCUT2D eigenvalue weighted by Gasteiger charge is -2.26. The quantitative estimate of drug-likeness (QED) is 0.0243. The third kappa shape index (κ3) is 67.3. The molecule has 0 saturated heterocycles. The number of allylic oxidation sites excluding steroid dienone is 12. The molecule has 0 saturated carbocycles. The molecule has 1 amide bonds. The standard InChI is InChI=1S/C74H139N2O6P/c1-6-8-10-12-14-16-18-20-22-24-26-28-30-32-34-36-37-38-40-41-43-45-47-49-51-53-55-57-59-61-63-65-67-73(77)72(71-82-83(79,80)81-70-69-76(3,4)5)75-74(78)68-66-64-62-60-58-56-54-52-50-48-46-44-42-39-35-33-31-29-27-25-23-21-19-17-15-13-11-9-7-2/h9,11,15,17,21,23,27,29,33,35,42,44,72-73,77H,6-8,10,12-14,16,18-20,22,24-26,28,30-32,34,36-41,43,45-71H2,1-5H3,(H-,75,78,79,80)/p+1/b11-9-,17-15-,23-21-,29-27-,35-33-,44-42-. The molecule has 0 aliphatic rings. The first-order valence-electron chi connectivity index (χ1n) is 35.8. The lowest BCUT2D eigenvalue weighted by atomic mass is 10.0. The Bertz CT molecular complexity index is 1580. The van der Waals surface area contributed by atoms with E-state index < -0.39 is 20.0 Å². The van der Waals surface area contributed by atoms with Gasteiger partial charge in [-0.15, -0.1) is 0 Å². The predicted octanol–water partition coefficient (Wildman–Crippen LogP) is 22.9. The number of nitrogens with zero attached hydrogens (tertiary/aromatic N) is 1. The predicted molar refractivity (Wildman–Crippen MR) is 364 cm³/mol. The van der Waals surface area contributed by atoms with E-state index >= 15 is 0 Å². The molecular formula is C74H140N2O6P+. The van der Waals surface area contributed by atoms with Crippen molar-refractivity contribution in [2.75, 3.05) is 40.9 Å². The van der Waals surface area contributed by atoms with Crippen LogP contribution in [0.4, 0.5) is 0 Å². The number of hydrogen-bond donors (Lipinski definition) is 3. The van der Waals surface area contributed by atoms with Crippen LogP contribution in [0, 0.1) is 0 Å². The van der Waals surface area contributed by atoms with E-state index in [4.69, 9.17) is 9.05 Å². The van der Waals surface area contributed by atoms with Crippen molar-refractivity contribution < 1.29 is 32.9 Å². The first-order valence-corrected chi connectivity index (χ1v) is 37.3. The number of rotatable bonds is 66. The van der Waals surface area contributed by atoms with Crippen molar-refractivity contribution in [3.63, 3.8) is 0 Å². The molecule has 0 heterocycles. The van der Waals surface area contributed by atoms with Gasteiger partial charge in [-0.3, -0.25) is 13.8 Å². The summed E-state index contributed by atoms with van der Waals surface area (Å²) in [6.45, 7) is 4.81. The number of amides is 1. The van der Waals surface area contributed by atoms with Crippen molar-refractivity contribution in [3.8, 4) is 0 Å². The molecule has 0 rings (SSSR count). The van der Waals surface area contributed by atoms with Crippen molar-refractivity contribution in [1.29, 1.82) is 0 Å². The summed E-state index contributed by atoms with van der Waals surface area (Å²) in [7, 11) is 1.62. The number of aliphatic hydroxyl groups excluding tert-OH is 1. The van der Waals surface area contributed by atoms with E-state index in [1.165, 1.54) is 238 Å².